The number of hydrogen-bond acceptors (Lipinski definition) is 4. The first kappa shape index (κ1) is 10.2. The fourth-order valence-electron chi connectivity index (χ4n) is 0.851. The van der Waals surface area contributed by atoms with Crippen molar-refractivity contribution in [2.75, 3.05) is 25.6 Å². The van der Waals surface area contributed by atoms with Gasteiger partial charge < -0.3 is 10.1 Å². The second-order valence-electron chi connectivity index (χ2n) is 2.54. The van der Waals surface area contributed by atoms with Crippen LogP contribution < -0.4 is 5.32 Å². The molecule has 1 rings (SSSR count). The Morgan fingerprint density at radius 1 is 1.69 bits per heavy atom. The summed E-state index contributed by atoms with van der Waals surface area (Å²) in [5.74, 6) is 0.726. The largest absolute Gasteiger partial charge is 0.383 e. The van der Waals surface area contributed by atoms with E-state index in [0.717, 1.165) is 5.82 Å². The number of nitrogens with one attached hydrogen (secondary N) is 1. The number of methoxy groups -OCH3 is 1. The number of rotatable bonds is 5. The van der Waals surface area contributed by atoms with Crippen LogP contribution in [0.25, 0.3) is 0 Å². The number of nitrogens with zero attached hydrogens (tertiary/aromatic N) is 2. The molecule has 4 nitrogen and oxygen atoms in total. The van der Waals surface area contributed by atoms with Crippen LogP contribution in [-0.4, -0.2) is 35.8 Å². The number of aromatic nitrogens is 2. The fraction of sp³-hybridized carbons (Fsp3) is 0.500. The van der Waals surface area contributed by atoms with Gasteiger partial charge in [0.2, 0.25) is 0 Å². The molecule has 72 valence electrons. The summed E-state index contributed by atoms with van der Waals surface area (Å²) in [5.41, 5.74) is 0. The van der Waals surface area contributed by atoms with E-state index < -0.39 is 0 Å². The van der Waals surface area contributed by atoms with Gasteiger partial charge in [0.05, 0.1) is 12.0 Å². The Labute approximate surface area is 82.3 Å². The van der Waals surface area contributed by atoms with Gasteiger partial charge in [0.1, 0.15) is 5.82 Å². The van der Waals surface area contributed by atoms with Crippen molar-refractivity contribution < 1.29 is 4.74 Å². The normalized spacial score (nSPS) is 12.5. The predicted octanol–water partition coefficient (Wildman–Crippen LogP) is 1.14. The summed E-state index contributed by atoms with van der Waals surface area (Å²) >= 11 is 5.90. The van der Waals surface area contributed by atoms with E-state index in [-0.39, 0.29) is 5.38 Å². The lowest BCUT2D eigenvalue weighted by Crippen LogP contribution is -2.19. The molecule has 0 aliphatic rings. The average molecular weight is 202 g/mol. The maximum atomic E-state index is 5.90. The molecule has 0 saturated carbocycles. The van der Waals surface area contributed by atoms with E-state index in [0.29, 0.717) is 13.2 Å². The Bertz CT molecular complexity index is 232. The molecular weight excluding hydrogens is 190 g/mol. The highest BCUT2D eigenvalue weighted by molar-refractivity contribution is 6.21. The number of alkyl halides is 1. The van der Waals surface area contributed by atoms with Crippen molar-refractivity contribution in [3.05, 3.63) is 18.3 Å². The van der Waals surface area contributed by atoms with Gasteiger partial charge in [-0.05, 0) is 12.1 Å². The van der Waals surface area contributed by atoms with Gasteiger partial charge in [-0.15, -0.1) is 16.7 Å². The predicted molar refractivity (Wildman–Crippen MR) is 52.0 cm³/mol. The monoisotopic (exact) mass is 201 g/mol. The fourth-order valence-corrected chi connectivity index (χ4v) is 1.05. The van der Waals surface area contributed by atoms with Crippen LogP contribution in [0.3, 0.4) is 0 Å². The lowest BCUT2D eigenvalue weighted by atomic mass is 10.4. The second-order valence-corrected chi connectivity index (χ2v) is 3.16. The van der Waals surface area contributed by atoms with E-state index >= 15 is 0 Å². The zero-order valence-corrected chi connectivity index (χ0v) is 8.16. The maximum absolute atomic E-state index is 5.90. The van der Waals surface area contributed by atoms with Gasteiger partial charge >= 0.3 is 0 Å². The third kappa shape index (κ3) is 4.05. The van der Waals surface area contributed by atoms with Crippen molar-refractivity contribution in [3.8, 4) is 0 Å². The van der Waals surface area contributed by atoms with E-state index in [1.165, 1.54) is 0 Å². The van der Waals surface area contributed by atoms with E-state index in [1.807, 2.05) is 12.1 Å². The SMILES string of the molecule is COCC(Cl)CNc1cccnn1. The lowest BCUT2D eigenvalue weighted by molar-refractivity contribution is 0.200. The Balaban J connectivity index is 2.27. The molecule has 1 heterocycles. The summed E-state index contributed by atoms with van der Waals surface area (Å²) in [7, 11) is 1.62. The van der Waals surface area contributed by atoms with Gasteiger partial charge in [-0.3, -0.25) is 0 Å². The molecule has 5 heteroatoms. The number of halogens is 1. The molecule has 0 radical (unpaired) electrons. The van der Waals surface area contributed by atoms with Crippen LogP contribution in [0.5, 0.6) is 0 Å². The molecule has 1 N–H and O–H groups in total. The molecule has 1 unspecified atom stereocenters. The third-order valence-electron chi connectivity index (χ3n) is 1.42. The van der Waals surface area contributed by atoms with Crippen LogP contribution in [-0.2, 0) is 4.74 Å². The van der Waals surface area contributed by atoms with Crippen LogP contribution in [0.1, 0.15) is 0 Å². The number of ether oxygens (including phenoxy) is 1. The van der Waals surface area contributed by atoms with Gasteiger partial charge in [-0.2, -0.15) is 5.10 Å². The highest BCUT2D eigenvalue weighted by atomic mass is 35.5. The second kappa shape index (κ2) is 5.72. The molecule has 0 saturated heterocycles. The first-order valence-electron chi connectivity index (χ1n) is 3.97. The first-order chi connectivity index (χ1) is 6.33. The molecule has 13 heavy (non-hydrogen) atoms. The molecule has 1 aromatic rings. The summed E-state index contributed by atoms with van der Waals surface area (Å²) < 4.78 is 4.88. The van der Waals surface area contributed by atoms with Gasteiger partial charge in [0.15, 0.2) is 0 Å². The summed E-state index contributed by atoms with van der Waals surface area (Å²) in [5, 5.41) is 10.6. The minimum absolute atomic E-state index is 0.0491. The van der Waals surface area contributed by atoms with E-state index in [1.54, 1.807) is 13.3 Å². The van der Waals surface area contributed by atoms with Crippen LogP contribution in [0.4, 0.5) is 5.82 Å². The summed E-state index contributed by atoms with van der Waals surface area (Å²) in [4.78, 5) is 0. The van der Waals surface area contributed by atoms with E-state index in [4.69, 9.17) is 16.3 Å². The van der Waals surface area contributed by atoms with Crippen LogP contribution >= 0.6 is 11.6 Å². The van der Waals surface area contributed by atoms with E-state index in [2.05, 4.69) is 15.5 Å². The molecule has 0 spiro atoms. The van der Waals surface area contributed by atoms with E-state index in [9.17, 15) is 0 Å². The van der Waals surface area contributed by atoms with Crippen molar-refractivity contribution in [3.63, 3.8) is 0 Å². The third-order valence-corrected chi connectivity index (χ3v) is 1.70. The standard InChI is InChI=1S/C8H12ClN3O/c1-13-6-7(9)5-10-8-3-2-4-11-12-8/h2-4,7H,5-6H2,1H3,(H,10,12). The highest BCUT2D eigenvalue weighted by Crippen LogP contribution is 2.01. The highest BCUT2D eigenvalue weighted by Gasteiger charge is 2.03. The van der Waals surface area contributed by atoms with Crippen molar-refractivity contribution in [1.29, 1.82) is 0 Å². The van der Waals surface area contributed by atoms with Crippen LogP contribution in [0.15, 0.2) is 18.3 Å². The van der Waals surface area contributed by atoms with Crippen molar-refractivity contribution in [2.24, 2.45) is 0 Å². The van der Waals surface area contributed by atoms with Crippen LogP contribution in [0.2, 0.25) is 0 Å². The Kier molecular flexibility index (Phi) is 4.49. The zero-order valence-electron chi connectivity index (χ0n) is 7.40. The van der Waals surface area contributed by atoms with Gasteiger partial charge in [-0.25, -0.2) is 0 Å². The molecular formula is C8H12ClN3O. The molecule has 0 aliphatic heterocycles. The van der Waals surface area contributed by atoms with Crippen molar-refractivity contribution >= 4 is 17.4 Å². The average Bonchev–Trinajstić information content (AvgIpc) is 2.17. The summed E-state index contributed by atoms with van der Waals surface area (Å²) in [6, 6.07) is 3.65. The van der Waals surface area contributed by atoms with Crippen LogP contribution in [0, 0.1) is 0 Å². The maximum Gasteiger partial charge on any atom is 0.148 e. The summed E-state index contributed by atoms with van der Waals surface area (Å²) in [6.45, 7) is 1.14. The molecule has 1 atom stereocenters. The Hall–Kier alpha value is -0.870. The molecule has 0 fully saturated rings. The molecule has 1 aromatic heterocycles. The molecule has 0 amide bonds. The topological polar surface area (TPSA) is 47.0 Å². The smallest absolute Gasteiger partial charge is 0.148 e. The lowest BCUT2D eigenvalue weighted by Gasteiger charge is -2.09. The quantitative estimate of drug-likeness (QED) is 0.726. The Morgan fingerprint density at radius 2 is 2.54 bits per heavy atom. The number of anilines is 1. The Morgan fingerprint density at radius 3 is 3.15 bits per heavy atom. The van der Waals surface area contributed by atoms with Gasteiger partial charge in [0, 0.05) is 19.9 Å². The number of hydrogen-bond donors (Lipinski definition) is 1. The van der Waals surface area contributed by atoms with Crippen molar-refractivity contribution in [2.45, 2.75) is 5.38 Å². The summed E-state index contributed by atoms with van der Waals surface area (Å²) in [6.07, 6.45) is 1.62. The molecule has 0 aliphatic carbocycles. The molecule has 0 aromatic carbocycles. The van der Waals surface area contributed by atoms with Crippen molar-refractivity contribution in [1.82, 2.24) is 10.2 Å². The minimum Gasteiger partial charge on any atom is -0.383 e. The zero-order chi connectivity index (χ0) is 9.52. The minimum atomic E-state index is -0.0491. The van der Waals surface area contributed by atoms with Gasteiger partial charge in [-0.1, -0.05) is 0 Å². The first-order valence-corrected chi connectivity index (χ1v) is 4.41. The van der Waals surface area contributed by atoms with Gasteiger partial charge in [0.25, 0.3) is 0 Å². The molecule has 0 bridgehead atoms.